The third-order valence-corrected chi connectivity index (χ3v) is 8.11. The first-order valence-electron chi connectivity index (χ1n) is 7.07. The van der Waals surface area contributed by atoms with Crippen molar-refractivity contribution in [2.45, 2.75) is 18.6 Å². The first kappa shape index (κ1) is 15.7. The molecule has 0 radical (unpaired) electrons. The molecule has 0 bridgehead atoms. The van der Waals surface area contributed by atoms with Gasteiger partial charge in [0.1, 0.15) is 0 Å². The maximum atomic E-state index is 12.5. The molecule has 0 spiro atoms. The van der Waals surface area contributed by atoms with E-state index in [1.165, 1.54) is 22.7 Å². The topological polar surface area (TPSA) is 54.5 Å². The molecule has 0 N–H and O–H groups in total. The average molecular weight is 356 g/mol. The van der Waals surface area contributed by atoms with Gasteiger partial charge in [0, 0.05) is 18.0 Å². The predicted molar refractivity (Wildman–Crippen MR) is 90.4 cm³/mol. The highest BCUT2D eigenvalue weighted by molar-refractivity contribution is 7.91. The molecule has 1 atom stereocenters. The second-order valence-corrected chi connectivity index (χ2v) is 9.63. The van der Waals surface area contributed by atoms with Gasteiger partial charge >= 0.3 is 0 Å². The Morgan fingerprint density at radius 2 is 2.14 bits per heavy atom. The minimum atomic E-state index is -3.21. The van der Waals surface area contributed by atoms with Crippen LogP contribution in [0.3, 0.4) is 0 Å². The minimum Gasteiger partial charge on any atom is -0.337 e. The van der Waals surface area contributed by atoms with Gasteiger partial charge in [0.05, 0.1) is 15.9 Å². The fourth-order valence-electron chi connectivity index (χ4n) is 2.64. The van der Waals surface area contributed by atoms with Crippen LogP contribution in [0, 0.1) is 6.92 Å². The first-order valence-corrected chi connectivity index (χ1v) is 10.5. The van der Waals surface area contributed by atoms with Crippen molar-refractivity contribution < 1.29 is 13.2 Å². The molecule has 1 saturated heterocycles. The maximum absolute atomic E-state index is 12.5. The van der Waals surface area contributed by atoms with Crippen LogP contribution in [0.5, 0.6) is 0 Å². The van der Waals surface area contributed by atoms with Gasteiger partial charge in [-0.05, 0) is 41.8 Å². The molecule has 118 valence electrons. The Bertz CT molecular complexity index is 762. The van der Waals surface area contributed by atoms with Crippen molar-refractivity contribution in [1.82, 2.24) is 4.90 Å². The average Bonchev–Trinajstić information content (AvgIpc) is 3.10. The van der Waals surface area contributed by atoms with E-state index in [1.54, 1.807) is 4.90 Å². The molecule has 4 nitrogen and oxygen atoms in total. The number of aryl methyl sites for hydroxylation is 1. The molecule has 0 aliphatic carbocycles. The second kappa shape index (κ2) is 6.14. The van der Waals surface area contributed by atoms with Crippen LogP contribution in [0.4, 0.5) is 0 Å². The van der Waals surface area contributed by atoms with Gasteiger partial charge in [-0.25, -0.2) is 8.42 Å². The Morgan fingerprint density at radius 3 is 2.77 bits per heavy atom. The Kier molecular flexibility index (Phi) is 4.38. The number of carbonyl (C=O) groups excluding carboxylic acids is 1. The highest BCUT2D eigenvalue weighted by atomic mass is 32.2. The number of hydrogen-bond acceptors (Lipinski definition) is 5. The van der Waals surface area contributed by atoms with Crippen LogP contribution in [-0.4, -0.2) is 38.1 Å². The summed E-state index contributed by atoms with van der Waals surface area (Å²) in [4.78, 5) is 15.8. The molecule has 22 heavy (non-hydrogen) atoms. The number of rotatable bonds is 2. The number of nitrogens with zero attached hydrogens (tertiary/aromatic N) is 1. The summed E-state index contributed by atoms with van der Waals surface area (Å²) in [6.07, 6.45) is 0.471. The molecular formula is C15H17NO3S3. The van der Waals surface area contributed by atoms with E-state index < -0.39 is 15.1 Å². The molecule has 0 saturated carbocycles. The van der Waals surface area contributed by atoms with E-state index in [-0.39, 0.29) is 18.2 Å². The van der Waals surface area contributed by atoms with E-state index >= 15 is 0 Å². The number of sulfone groups is 1. The van der Waals surface area contributed by atoms with Crippen molar-refractivity contribution >= 4 is 38.4 Å². The van der Waals surface area contributed by atoms with E-state index in [2.05, 4.69) is 0 Å². The van der Waals surface area contributed by atoms with Crippen molar-refractivity contribution in [1.29, 1.82) is 0 Å². The summed E-state index contributed by atoms with van der Waals surface area (Å²) < 4.78 is 25.0. The standard InChI is InChI=1S/C15H17NO3S3/c1-11-9-13(21-10-11)15(17)16-5-4-14(12-3-2-7-20-12)22(18,19)8-6-16/h2-3,7,9-10,14H,4-6,8H2,1H3. The maximum Gasteiger partial charge on any atom is 0.263 e. The van der Waals surface area contributed by atoms with Gasteiger partial charge in [0.25, 0.3) is 5.91 Å². The molecule has 1 amide bonds. The molecule has 1 aliphatic heterocycles. The second-order valence-electron chi connectivity index (χ2n) is 5.44. The Morgan fingerprint density at radius 1 is 1.32 bits per heavy atom. The normalized spacial score (nSPS) is 21.5. The zero-order valence-corrected chi connectivity index (χ0v) is 14.6. The Balaban J connectivity index is 1.80. The molecule has 2 aromatic heterocycles. The molecule has 3 heterocycles. The van der Waals surface area contributed by atoms with Crippen LogP contribution in [0.15, 0.2) is 29.0 Å². The number of hydrogen-bond donors (Lipinski definition) is 0. The third kappa shape index (κ3) is 3.11. The molecule has 3 rings (SSSR count). The minimum absolute atomic E-state index is 0.0334. The van der Waals surface area contributed by atoms with Crippen molar-refractivity contribution in [2.24, 2.45) is 0 Å². The van der Waals surface area contributed by atoms with Gasteiger partial charge in [0.2, 0.25) is 0 Å². The molecule has 7 heteroatoms. The summed E-state index contributed by atoms with van der Waals surface area (Å²) in [7, 11) is -3.21. The van der Waals surface area contributed by atoms with Crippen LogP contribution >= 0.6 is 22.7 Å². The van der Waals surface area contributed by atoms with E-state index in [0.29, 0.717) is 17.8 Å². The first-order chi connectivity index (χ1) is 10.5. The number of amides is 1. The zero-order chi connectivity index (χ0) is 15.7. The van der Waals surface area contributed by atoms with Crippen molar-refractivity contribution in [3.8, 4) is 0 Å². The lowest BCUT2D eigenvalue weighted by molar-refractivity contribution is 0.0771. The summed E-state index contributed by atoms with van der Waals surface area (Å²) in [6.45, 7) is 2.71. The largest absolute Gasteiger partial charge is 0.337 e. The van der Waals surface area contributed by atoms with E-state index in [1.807, 2.05) is 35.9 Å². The summed E-state index contributed by atoms with van der Waals surface area (Å²) in [5.41, 5.74) is 1.06. The lowest BCUT2D eigenvalue weighted by atomic mass is 10.2. The van der Waals surface area contributed by atoms with Gasteiger partial charge in [-0.1, -0.05) is 6.07 Å². The summed E-state index contributed by atoms with van der Waals surface area (Å²) >= 11 is 2.89. The lowest BCUT2D eigenvalue weighted by Gasteiger charge is -2.18. The quantitative estimate of drug-likeness (QED) is 0.832. The van der Waals surface area contributed by atoms with Crippen LogP contribution in [0.25, 0.3) is 0 Å². The molecule has 1 fully saturated rings. The number of carbonyl (C=O) groups is 1. The highest BCUT2D eigenvalue weighted by Gasteiger charge is 2.33. The van der Waals surface area contributed by atoms with Crippen LogP contribution in [-0.2, 0) is 9.84 Å². The van der Waals surface area contributed by atoms with Crippen LogP contribution in [0.2, 0.25) is 0 Å². The van der Waals surface area contributed by atoms with Gasteiger partial charge in [-0.3, -0.25) is 4.79 Å². The molecule has 2 aromatic rings. The lowest BCUT2D eigenvalue weighted by Crippen LogP contribution is -2.33. The van der Waals surface area contributed by atoms with Crippen molar-refractivity contribution in [3.05, 3.63) is 44.3 Å². The van der Waals surface area contributed by atoms with Gasteiger partial charge in [-0.2, -0.15) is 0 Å². The smallest absolute Gasteiger partial charge is 0.263 e. The zero-order valence-electron chi connectivity index (χ0n) is 12.2. The fraction of sp³-hybridized carbons (Fsp3) is 0.400. The number of thiophene rings is 2. The summed E-state index contributed by atoms with van der Waals surface area (Å²) in [5, 5.41) is 3.36. The van der Waals surface area contributed by atoms with Gasteiger partial charge < -0.3 is 4.90 Å². The van der Waals surface area contributed by atoms with Crippen molar-refractivity contribution in [3.63, 3.8) is 0 Å². The van der Waals surface area contributed by atoms with E-state index in [9.17, 15) is 13.2 Å². The molecule has 1 aliphatic rings. The van der Waals surface area contributed by atoms with E-state index in [4.69, 9.17) is 0 Å². The molecule has 0 aromatic carbocycles. The monoisotopic (exact) mass is 355 g/mol. The highest BCUT2D eigenvalue weighted by Crippen LogP contribution is 2.32. The molecular weight excluding hydrogens is 338 g/mol. The van der Waals surface area contributed by atoms with Crippen LogP contribution in [0.1, 0.15) is 31.8 Å². The van der Waals surface area contributed by atoms with Gasteiger partial charge in [-0.15, -0.1) is 22.7 Å². The Hall–Kier alpha value is -1.18. The SMILES string of the molecule is Cc1csc(C(=O)N2CCC(c3cccs3)S(=O)(=O)CC2)c1. The van der Waals surface area contributed by atoms with E-state index in [0.717, 1.165) is 10.4 Å². The van der Waals surface area contributed by atoms with Gasteiger partial charge in [0.15, 0.2) is 9.84 Å². The summed E-state index contributed by atoms with van der Waals surface area (Å²) in [5.74, 6) is -0.0220. The predicted octanol–water partition coefficient (Wildman–Crippen LogP) is 3.12. The van der Waals surface area contributed by atoms with Crippen LogP contribution < -0.4 is 0 Å². The third-order valence-electron chi connectivity index (χ3n) is 3.83. The summed E-state index contributed by atoms with van der Waals surface area (Å²) in [6, 6.07) is 5.61. The van der Waals surface area contributed by atoms with Crippen molar-refractivity contribution in [2.75, 3.05) is 18.8 Å². The molecule has 1 unspecified atom stereocenters. The Labute approximate surface area is 138 Å². The fourth-order valence-corrected chi connectivity index (χ4v) is 6.51.